The van der Waals surface area contributed by atoms with Crippen LogP contribution in [0.25, 0.3) is 28.1 Å². The quantitative estimate of drug-likeness (QED) is 0.355. The molecule has 2 aliphatic rings. The summed E-state index contributed by atoms with van der Waals surface area (Å²) in [6.07, 6.45) is 5.23. The van der Waals surface area contributed by atoms with E-state index in [1.807, 2.05) is 60.7 Å². The summed E-state index contributed by atoms with van der Waals surface area (Å²) in [6.45, 7) is 4.12. The Bertz CT molecular complexity index is 1540. The van der Waals surface area contributed by atoms with E-state index in [4.69, 9.17) is 9.98 Å². The van der Waals surface area contributed by atoms with E-state index in [1.165, 1.54) is 0 Å². The maximum absolute atomic E-state index is 12.2. The van der Waals surface area contributed by atoms with Crippen molar-refractivity contribution in [3.05, 3.63) is 90.5 Å². The molecule has 34 heavy (non-hydrogen) atoms. The van der Waals surface area contributed by atoms with Crippen LogP contribution in [0.2, 0.25) is 0 Å². The molecule has 0 saturated heterocycles. The third-order valence-corrected chi connectivity index (χ3v) is 6.36. The van der Waals surface area contributed by atoms with Crippen molar-refractivity contribution in [2.75, 3.05) is 11.6 Å². The molecule has 1 aromatic heterocycles. The number of rotatable bonds is 5. The molecule has 0 fully saturated rings. The second-order valence-corrected chi connectivity index (χ2v) is 9.71. The largest absolute Gasteiger partial charge is 0.352 e. The van der Waals surface area contributed by atoms with Gasteiger partial charge in [-0.2, -0.15) is 0 Å². The Hall–Kier alpha value is -3.84. The van der Waals surface area contributed by atoms with Gasteiger partial charge in [-0.1, -0.05) is 18.2 Å². The van der Waals surface area contributed by atoms with Crippen molar-refractivity contribution in [1.29, 1.82) is 0 Å². The fraction of sp³-hybridized carbons (Fsp3) is 0.148. The molecule has 0 radical (unpaired) electrons. The number of aromatic nitrogens is 3. The van der Waals surface area contributed by atoms with Gasteiger partial charge in [0, 0.05) is 39.9 Å². The predicted octanol–water partition coefficient (Wildman–Crippen LogP) is 5.32. The minimum absolute atomic E-state index is 0.111. The number of hydrogen-bond acceptors (Lipinski definition) is 5. The monoisotopic (exact) mass is 467 g/mol. The van der Waals surface area contributed by atoms with Gasteiger partial charge in [0.25, 0.3) is 0 Å². The van der Waals surface area contributed by atoms with Crippen LogP contribution in [0.1, 0.15) is 13.8 Å². The Morgan fingerprint density at radius 3 is 2.62 bits per heavy atom. The Morgan fingerprint density at radius 1 is 1.00 bits per heavy atom. The molecule has 170 valence electrons. The third-order valence-electron chi connectivity index (χ3n) is 5.44. The topological polar surface area (TPSA) is 72.2 Å². The van der Waals surface area contributed by atoms with E-state index in [0.29, 0.717) is 0 Å². The van der Waals surface area contributed by atoms with Gasteiger partial charge in [0.15, 0.2) is 0 Å². The van der Waals surface area contributed by atoms with Gasteiger partial charge in [0.2, 0.25) is 0 Å². The van der Waals surface area contributed by atoms with Crippen LogP contribution >= 0.6 is 0 Å². The number of para-hydroxylation sites is 2. The lowest BCUT2D eigenvalue weighted by molar-refractivity contribution is 0.686. The van der Waals surface area contributed by atoms with Gasteiger partial charge in [-0.15, -0.1) is 0 Å². The third kappa shape index (κ3) is 4.34. The molecule has 2 heterocycles. The lowest BCUT2D eigenvalue weighted by atomic mass is 10.1. The highest BCUT2D eigenvalue weighted by atomic mass is 32.2. The Morgan fingerprint density at radius 2 is 1.85 bits per heavy atom. The molecule has 6 nitrogen and oxygen atoms in total. The maximum atomic E-state index is 12.2. The van der Waals surface area contributed by atoms with Crippen molar-refractivity contribution in [3.8, 4) is 17.1 Å². The number of pyridine rings is 1. The van der Waals surface area contributed by atoms with Crippen molar-refractivity contribution in [3.63, 3.8) is 0 Å². The Balaban J connectivity index is 1.84. The SMILES string of the molecule is CC(C)N=c1cc2n(-c3cccc(S(C)=O)c3)c3ccccc3nc-2cc1Nc1cccnc1. The molecule has 0 saturated carbocycles. The van der Waals surface area contributed by atoms with Crippen LogP contribution in [0.4, 0.5) is 11.4 Å². The second-order valence-electron chi connectivity index (χ2n) is 8.34. The molecule has 0 bridgehead atoms. The van der Waals surface area contributed by atoms with E-state index in [2.05, 4.69) is 40.8 Å². The summed E-state index contributed by atoms with van der Waals surface area (Å²) >= 11 is 0. The zero-order valence-electron chi connectivity index (χ0n) is 19.3. The number of nitrogens with one attached hydrogen (secondary N) is 1. The average molecular weight is 468 g/mol. The first-order valence-corrected chi connectivity index (χ1v) is 12.7. The van der Waals surface area contributed by atoms with Gasteiger partial charge in [-0.05, 0) is 68.4 Å². The molecule has 3 aromatic rings. The number of anilines is 2. The first kappa shape index (κ1) is 22.0. The van der Waals surface area contributed by atoms with E-state index in [1.54, 1.807) is 18.6 Å². The summed E-state index contributed by atoms with van der Waals surface area (Å²) in [5, 5.41) is 4.30. The van der Waals surface area contributed by atoms with Crippen molar-refractivity contribution in [1.82, 2.24) is 14.5 Å². The molecule has 7 heteroatoms. The van der Waals surface area contributed by atoms with Gasteiger partial charge < -0.3 is 9.88 Å². The van der Waals surface area contributed by atoms with Crippen LogP contribution in [0.15, 0.2) is 95.1 Å². The number of fused-ring (bicyclic) bond motifs is 2. The fourth-order valence-electron chi connectivity index (χ4n) is 4.00. The van der Waals surface area contributed by atoms with Crippen molar-refractivity contribution in [2.24, 2.45) is 4.99 Å². The molecule has 2 aromatic carbocycles. The summed E-state index contributed by atoms with van der Waals surface area (Å²) in [6, 6.07) is 24.0. The van der Waals surface area contributed by atoms with Crippen LogP contribution in [0, 0.1) is 0 Å². The van der Waals surface area contributed by atoms with Crippen LogP contribution in [0.5, 0.6) is 0 Å². The molecular formula is C27H25N5OS. The first-order valence-electron chi connectivity index (χ1n) is 11.1. The normalized spacial score (nSPS) is 13.0. The molecule has 0 amide bonds. The fourth-order valence-corrected chi connectivity index (χ4v) is 4.56. The van der Waals surface area contributed by atoms with E-state index in [-0.39, 0.29) is 6.04 Å². The van der Waals surface area contributed by atoms with Crippen LogP contribution in [-0.4, -0.2) is 31.0 Å². The molecule has 1 aliphatic heterocycles. The molecule has 0 spiro atoms. The smallest absolute Gasteiger partial charge is 0.0900 e. The summed E-state index contributed by atoms with van der Waals surface area (Å²) in [4.78, 5) is 14.9. The summed E-state index contributed by atoms with van der Waals surface area (Å²) < 4.78 is 14.4. The summed E-state index contributed by atoms with van der Waals surface area (Å²) in [5.74, 6) is 0. The van der Waals surface area contributed by atoms with Crippen molar-refractivity contribution < 1.29 is 4.21 Å². The van der Waals surface area contributed by atoms with E-state index in [0.717, 1.165) is 49.7 Å². The molecule has 1 N–H and O–H groups in total. The minimum Gasteiger partial charge on any atom is -0.352 e. The Kier molecular flexibility index (Phi) is 5.94. The van der Waals surface area contributed by atoms with Gasteiger partial charge in [0.1, 0.15) is 0 Å². The van der Waals surface area contributed by atoms with Gasteiger partial charge in [0.05, 0.1) is 45.4 Å². The highest BCUT2D eigenvalue weighted by Gasteiger charge is 2.17. The van der Waals surface area contributed by atoms with Crippen molar-refractivity contribution >= 4 is 33.2 Å². The standard InChI is InChI=1S/C27H25N5OS/c1-18(2)29-24-16-27-25(15-23(24)30-19-8-7-13-28-17-19)31-22-11-4-5-12-26(22)32(27)20-9-6-10-21(14-20)34(3)33/h4-18,30H,1-3H3. The lowest BCUT2D eigenvalue weighted by Gasteiger charge is -2.20. The van der Waals surface area contributed by atoms with E-state index < -0.39 is 10.8 Å². The zero-order chi connectivity index (χ0) is 23.7. The average Bonchev–Trinajstić information content (AvgIpc) is 2.83. The van der Waals surface area contributed by atoms with E-state index >= 15 is 0 Å². The van der Waals surface area contributed by atoms with Crippen molar-refractivity contribution in [2.45, 2.75) is 24.8 Å². The van der Waals surface area contributed by atoms with Crippen LogP contribution in [0.3, 0.4) is 0 Å². The van der Waals surface area contributed by atoms with Crippen LogP contribution in [-0.2, 0) is 10.8 Å². The highest BCUT2D eigenvalue weighted by molar-refractivity contribution is 7.84. The molecule has 5 rings (SSSR count). The molecule has 1 atom stereocenters. The number of benzene rings is 3. The predicted molar refractivity (Wildman–Crippen MR) is 138 cm³/mol. The summed E-state index contributed by atoms with van der Waals surface area (Å²) in [5.41, 5.74) is 6.28. The number of nitrogens with zero attached hydrogens (tertiary/aromatic N) is 4. The molecule has 1 unspecified atom stereocenters. The first-order chi connectivity index (χ1) is 16.5. The molecule has 1 aliphatic carbocycles. The van der Waals surface area contributed by atoms with E-state index in [9.17, 15) is 4.21 Å². The summed E-state index contributed by atoms with van der Waals surface area (Å²) in [7, 11) is -1.08. The lowest BCUT2D eigenvalue weighted by Crippen LogP contribution is -2.16. The zero-order valence-corrected chi connectivity index (χ0v) is 20.1. The Labute approximate surface area is 200 Å². The minimum atomic E-state index is -1.08. The second kappa shape index (κ2) is 9.19. The van der Waals surface area contributed by atoms with Gasteiger partial charge in [-0.25, -0.2) is 4.98 Å². The maximum Gasteiger partial charge on any atom is 0.0900 e. The van der Waals surface area contributed by atoms with Crippen LogP contribution < -0.4 is 10.7 Å². The van der Waals surface area contributed by atoms with Gasteiger partial charge in [-0.3, -0.25) is 14.2 Å². The number of hydrogen-bond donors (Lipinski definition) is 1. The van der Waals surface area contributed by atoms with Gasteiger partial charge >= 0.3 is 0 Å². The highest BCUT2D eigenvalue weighted by Crippen LogP contribution is 2.30. The molecular weight excluding hydrogens is 442 g/mol.